The molecule has 7 nitrogen and oxygen atoms in total. The Hall–Kier alpha value is -1.92. The first-order valence-corrected chi connectivity index (χ1v) is 3.66. The lowest BCUT2D eigenvalue weighted by atomic mass is 10.5. The van der Waals surface area contributed by atoms with E-state index in [1.165, 1.54) is 4.68 Å². The van der Waals surface area contributed by atoms with Crippen molar-refractivity contribution < 1.29 is 5.11 Å². The number of fused-ring (bicyclic) bond motifs is 1. The Kier molecular flexibility index (Phi) is 1.51. The van der Waals surface area contributed by atoms with E-state index in [1.807, 2.05) is 0 Å². The summed E-state index contributed by atoms with van der Waals surface area (Å²) in [6, 6.07) is 0. The monoisotopic (exact) mass is 180 g/mol. The number of rotatable bonds is 1. The Balaban J connectivity index is 2.80. The van der Waals surface area contributed by atoms with Crippen molar-refractivity contribution in [2.24, 2.45) is 7.05 Å². The molecule has 7 heteroatoms. The molecule has 0 atom stereocenters. The van der Waals surface area contributed by atoms with Gasteiger partial charge in [-0.1, -0.05) is 5.21 Å². The highest BCUT2D eigenvalue weighted by atomic mass is 16.3. The van der Waals surface area contributed by atoms with E-state index in [0.717, 1.165) is 0 Å². The lowest BCUT2D eigenvalue weighted by Gasteiger charge is -1.98. The first kappa shape index (κ1) is 7.71. The summed E-state index contributed by atoms with van der Waals surface area (Å²) >= 11 is 0. The van der Waals surface area contributed by atoms with Crippen LogP contribution in [0.5, 0.6) is 5.88 Å². The van der Waals surface area contributed by atoms with Gasteiger partial charge in [0.2, 0.25) is 11.8 Å². The van der Waals surface area contributed by atoms with Crippen molar-refractivity contribution in [3.63, 3.8) is 0 Å². The third-order valence-corrected chi connectivity index (χ3v) is 1.66. The molecule has 2 aromatic rings. The summed E-state index contributed by atoms with van der Waals surface area (Å²) in [5.74, 6) is 0.179. The molecule has 0 aromatic carbocycles. The van der Waals surface area contributed by atoms with Gasteiger partial charge in [-0.25, -0.2) is 4.68 Å². The summed E-state index contributed by atoms with van der Waals surface area (Å²) in [4.78, 5) is 7.82. The highest BCUT2D eigenvalue weighted by Crippen LogP contribution is 2.18. The zero-order valence-electron chi connectivity index (χ0n) is 7.18. The summed E-state index contributed by atoms with van der Waals surface area (Å²) in [7, 11) is 3.37. The molecule has 0 aliphatic carbocycles. The SMILES string of the molecule is CNc1nc(O)c2nnn(C)c2n1. The summed E-state index contributed by atoms with van der Waals surface area (Å²) < 4.78 is 1.47. The third kappa shape index (κ3) is 1.05. The molecule has 0 fully saturated rings. The van der Waals surface area contributed by atoms with Gasteiger partial charge in [0.25, 0.3) is 0 Å². The van der Waals surface area contributed by atoms with Crippen molar-refractivity contribution in [1.29, 1.82) is 0 Å². The Morgan fingerprint density at radius 3 is 2.85 bits per heavy atom. The fourth-order valence-corrected chi connectivity index (χ4v) is 1.01. The van der Waals surface area contributed by atoms with Crippen LogP contribution in [0.15, 0.2) is 0 Å². The van der Waals surface area contributed by atoms with Crippen LogP contribution in [-0.2, 0) is 7.05 Å². The molecule has 0 aliphatic rings. The lowest BCUT2D eigenvalue weighted by Crippen LogP contribution is -1.99. The Morgan fingerprint density at radius 1 is 1.38 bits per heavy atom. The Morgan fingerprint density at radius 2 is 2.15 bits per heavy atom. The molecule has 2 N–H and O–H groups in total. The maximum atomic E-state index is 9.39. The van der Waals surface area contributed by atoms with E-state index in [0.29, 0.717) is 17.1 Å². The highest BCUT2D eigenvalue weighted by Gasteiger charge is 2.10. The van der Waals surface area contributed by atoms with Crippen molar-refractivity contribution in [3.05, 3.63) is 0 Å². The minimum Gasteiger partial charge on any atom is -0.492 e. The van der Waals surface area contributed by atoms with Crippen LogP contribution in [0.4, 0.5) is 5.95 Å². The van der Waals surface area contributed by atoms with Crippen LogP contribution >= 0.6 is 0 Å². The first-order valence-electron chi connectivity index (χ1n) is 3.66. The second-order valence-corrected chi connectivity index (χ2v) is 2.51. The minimum absolute atomic E-state index is 0.164. The highest BCUT2D eigenvalue weighted by molar-refractivity contribution is 5.76. The van der Waals surface area contributed by atoms with Gasteiger partial charge >= 0.3 is 0 Å². The average molecular weight is 180 g/mol. The summed E-state index contributed by atoms with van der Waals surface area (Å²) in [5.41, 5.74) is 0.804. The number of aryl methyl sites for hydroxylation is 1. The molecule has 0 amide bonds. The standard InChI is InChI=1S/C6H8N6O/c1-7-6-8-4-3(5(13)9-6)10-11-12(4)2/h1-2H3,(H2,7,8,9,13). The van der Waals surface area contributed by atoms with Crippen LogP contribution in [0.1, 0.15) is 0 Å². The predicted octanol–water partition coefficient (Wildman–Crippen LogP) is -0.494. The van der Waals surface area contributed by atoms with Gasteiger partial charge in [0, 0.05) is 14.1 Å². The van der Waals surface area contributed by atoms with Crippen LogP contribution < -0.4 is 5.32 Å². The van der Waals surface area contributed by atoms with Crippen molar-refractivity contribution in [3.8, 4) is 5.88 Å². The molecule has 13 heavy (non-hydrogen) atoms. The van der Waals surface area contributed by atoms with Crippen molar-refractivity contribution in [2.45, 2.75) is 0 Å². The van der Waals surface area contributed by atoms with Gasteiger partial charge in [0.1, 0.15) is 0 Å². The van der Waals surface area contributed by atoms with Crippen LogP contribution in [-0.4, -0.2) is 37.1 Å². The minimum atomic E-state index is -0.164. The van der Waals surface area contributed by atoms with Crippen molar-refractivity contribution >= 4 is 17.1 Å². The molecule has 0 saturated carbocycles. The van der Waals surface area contributed by atoms with E-state index in [2.05, 4.69) is 25.6 Å². The van der Waals surface area contributed by atoms with Crippen molar-refractivity contribution in [2.75, 3.05) is 12.4 Å². The number of anilines is 1. The number of aromatic nitrogens is 5. The molecule has 0 radical (unpaired) electrons. The topological polar surface area (TPSA) is 88.8 Å². The Bertz CT molecular complexity index is 450. The van der Waals surface area contributed by atoms with Crippen LogP contribution in [0, 0.1) is 0 Å². The summed E-state index contributed by atoms with van der Waals surface area (Å²) in [6.45, 7) is 0. The maximum absolute atomic E-state index is 9.39. The fourth-order valence-electron chi connectivity index (χ4n) is 1.01. The third-order valence-electron chi connectivity index (χ3n) is 1.66. The molecule has 2 aromatic heterocycles. The molecule has 2 rings (SSSR count). The van der Waals surface area contributed by atoms with E-state index < -0.39 is 0 Å². The van der Waals surface area contributed by atoms with Gasteiger partial charge in [-0.15, -0.1) is 5.10 Å². The van der Waals surface area contributed by atoms with Crippen LogP contribution in [0.2, 0.25) is 0 Å². The number of hydrogen-bond donors (Lipinski definition) is 2. The van der Waals surface area contributed by atoms with Crippen LogP contribution in [0.25, 0.3) is 11.2 Å². The van der Waals surface area contributed by atoms with Gasteiger partial charge in [-0.3, -0.25) is 0 Å². The van der Waals surface area contributed by atoms with Gasteiger partial charge in [0.15, 0.2) is 11.2 Å². The predicted molar refractivity (Wildman–Crippen MR) is 45.3 cm³/mol. The normalized spacial score (nSPS) is 10.6. The largest absolute Gasteiger partial charge is 0.492 e. The van der Waals surface area contributed by atoms with Gasteiger partial charge in [-0.05, 0) is 0 Å². The van der Waals surface area contributed by atoms with E-state index in [-0.39, 0.29) is 5.88 Å². The summed E-state index contributed by atoms with van der Waals surface area (Å²) in [6.07, 6.45) is 0. The van der Waals surface area contributed by atoms with E-state index in [1.54, 1.807) is 14.1 Å². The van der Waals surface area contributed by atoms with E-state index in [4.69, 9.17) is 0 Å². The van der Waals surface area contributed by atoms with Gasteiger partial charge < -0.3 is 10.4 Å². The van der Waals surface area contributed by atoms with Crippen LogP contribution in [0.3, 0.4) is 0 Å². The maximum Gasteiger partial charge on any atom is 0.246 e. The molecule has 0 unspecified atom stereocenters. The quantitative estimate of drug-likeness (QED) is 0.615. The number of nitrogens with zero attached hydrogens (tertiary/aromatic N) is 5. The zero-order chi connectivity index (χ0) is 9.42. The lowest BCUT2D eigenvalue weighted by molar-refractivity contribution is 0.459. The first-order chi connectivity index (χ1) is 6.22. The smallest absolute Gasteiger partial charge is 0.246 e. The zero-order valence-corrected chi connectivity index (χ0v) is 7.18. The molecule has 2 heterocycles. The number of nitrogens with one attached hydrogen (secondary N) is 1. The second-order valence-electron chi connectivity index (χ2n) is 2.51. The summed E-state index contributed by atoms with van der Waals surface area (Å²) in [5, 5.41) is 19.5. The molecule has 0 aliphatic heterocycles. The fraction of sp³-hybridized carbons (Fsp3) is 0.333. The molecule has 0 spiro atoms. The van der Waals surface area contributed by atoms with E-state index >= 15 is 0 Å². The van der Waals surface area contributed by atoms with Gasteiger partial charge in [0.05, 0.1) is 0 Å². The average Bonchev–Trinajstić information content (AvgIpc) is 2.48. The van der Waals surface area contributed by atoms with Gasteiger partial charge in [-0.2, -0.15) is 9.97 Å². The number of aromatic hydroxyl groups is 1. The Labute approximate surface area is 73.4 Å². The molecule has 68 valence electrons. The number of hydrogen-bond acceptors (Lipinski definition) is 6. The molecular weight excluding hydrogens is 172 g/mol. The molecule has 0 bridgehead atoms. The molecular formula is C6H8N6O. The van der Waals surface area contributed by atoms with Crippen molar-refractivity contribution in [1.82, 2.24) is 25.0 Å². The second kappa shape index (κ2) is 2.54. The van der Waals surface area contributed by atoms with E-state index in [9.17, 15) is 5.11 Å². The molecule has 0 saturated heterocycles.